The highest BCUT2D eigenvalue weighted by Crippen LogP contribution is 2.30. The lowest BCUT2D eigenvalue weighted by molar-refractivity contribution is 0.602. The number of nitrogens with one attached hydrogen (secondary N) is 1. The Morgan fingerprint density at radius 3 is 0.556 bits per heavy atom. The molecule has 0 radical (unpaired) electrons. The highest BCUT2D eigenvalue weighted by Gasteiger charge is 2.77. The van der Waals surface area contributed by atoms with Crippen molar-refractivity contribution < 1.29 is 50.5 Å². The van der Waals surface area contributed by atoms with Gasteiger partial charge in [0.2, 0.25) is 0 Å². The quantitative estimate of drug-likeness (QED) is 0.286. The average Bonchev–Trinajstić information content (AvgIpc) is 2.16. The van der Waals surface area contributed by atoms with Crippen molar-refractivity contribution in [2.45, 2.75) is 0 Å². The smallest absolute Gasteiger partial charge is 0.288 e. The first kappa shape index (κ1) is 27.1. The van der Waals surface area contributed by atoms with Gasteiger partial charge in [-0.05, 0) is 0 Å². The number of hydrogen-bond acceptors (Lipinski definition) is 13. The monoisotopic (exact) mass is 545 g/mol. The van der Waals surface area contributed by atoms with E-state index < -0.39 is 67.1 Å². The van der Waals surface area contributed by atoms with Crippen molar-refractivity contribution in [3.63, 3.8) is 0 Å². The van der Waals surface area contributed by atoms with Crippen molar-refractivity contribution in [2.24, 2.45) is 0 Å². The second-order valence-corrected chi connectivity index (χ2v) is 47.4. The topological polar surface area (TPSA) is 217 Å². The minimum Gasteiger partial charge on any atom is -0.288 e. The van der Waals surface area contributed by atoms with E-state index in [1.54, 1.807) is 0 Å². The predicted molar refractivity (Wildman–Crippen MR) is 104 cm³/mol. The van der Waals surface area contributed by atoms with Gasteiger partial charge in [0.1, 0.15) is 0 Å². The molecule has 0 saturated carbocycles. The summed E-state index contributed by atoms with van der Waals surface area (Å²) in [6.45, 7) is 0. The highest BCUT2D eigenvalue weighted by molar-refractivity contribution is 8.77. The largest absolute Gasteiger partial charge is 0.514 e. The van der Waals surface area contributed by atoms with Crippen molar-refractivity contribution in [2.75, 3.05) is 37.5 Å². The van der Waals surface area contributed by atoms with Gasteiger partial charge >= 0.3 is 11.4 Å². The van der Waals surface area contributed by atoms with Crippen molar-refractivity contribution >= 4 is 67.1 Å². The molecule has 0 aromatic heterocycles. The lowest BCUT2D eigenvalue weighted by atomic mass is 12.0. The zero-order valence-corrected chi connectivity index (χ0v) is 21.7. The third-order valence-electron chi connectivity index (χ3n) is 3.24. The first-order chi connectivity index (χ1) is 11.2. The Hall–Kier alpha value is 0.0938. The van der Waals surface area contributed by atoms with Gasteiger partial charge < -0.3 is 0 Å². The van der Waals surface area contributed by atoms with Gasteiger partial charge in [-0.1, -0.05) is 0 Å². The molecule has 0 fully saturated rings. The Balaban J connectivity index is 8.21. The van der Waals surface area contributed by atoms with Gasteiger partial charge in [-0.2, -0.15) is 0 Å². The summed E-state index contributed by atoms with van der Waals surface area (Å²) in [7, 11) is -31.6. The molecule has 27 heavy (non-hydrogen) atoms. The lowest BCUT2D eigenvalue weighted by Gasteiger charge is -2.33. The van der Waals surface area contributed by atoms with E-state index in [0.717, 1.165) is 0 Å². The molecule has 0 aromatic carbocycles. The van der Waals surface area contributed by atoms with Crippen LogP contribution < -0.4 is 4.65 Å². The molecule has 164 valence electrons. The third-order valence-corrected chi connectivity index (χ3v) is 67.3. The van der Waals surface area contributed by atoms with Crippen LogP contribution in [0.2, 0.25) is 0 Å². The molecule has 0 saturated heterocycles. The molecule has 0 aliphatic carbocycles. The summed E-state index contributed by atoms with van der Waals surface area (Å²) in [6, 6.07) is 0. The van der Waals surface area contributed by atoms with Crippen LogP contribution >= 0.6 is 0 Å². The van der Waals surface area contributed by atoms with E-state index in [1.807, 2.05) is 0 Å². The van der Waals surface area contributed by atoms with E-state index in [4.69, 9.17) is 0 Å². The van der Waals surface area contributed by atoms with Gasteiger partial charge in [-0.25, -0.2) is 50.5 Å². The van der Waals surface area contributed by atoms with E-state index in [9.17, 15) is 50.5 Å². The third kappa shape index (κ3) is 4.19. The average molecular weight is 546 g/mol. The molecule has 0 unspecified atom stereocenters. The predicted octanol–water partition coefficient (Wildman–Crippen LogP) is -4.29. The molecule has 0 aromatic rings. The van der Waals surface area contributed by atoms with E-state index in [-0.39, 0.29) is 37.5 Å². The zero-order chi connectivity index (χ0) is 22.7. The van der Waals surface area contributed by atoms with Crippen molar-refractivity contribution in [1.82, 2.24) is 4.65 Å². The molecule has 0 aliphatic heterocycles. The molecule has 0 rings (SSSR count). The van der Waals surface area contributed by atoms with Gasteiger partial charge in [-0.15, -0.1) is 0 Å². The summed E-state index contributed by atoms with van der Waals surface area (Å²) in [5.41, 5.74) is -12.5. The molecular formula is C6H19NO12S6Si2. The van der Waals surface area contributed by atoms with E-state index in [0.29, 0.717) is 0 Å². The van der Waals surface area contributed by atoms with Gasteiger partial charge in [-0.3, -0.25) is 4.65 Å². The molecule has 0 spiro atoms. The van der Waals surface area contributed by atoms with Crippen LogP contribution in [0.3, 0.4) is 0 Å². The fourth-order valence-electron chi connectivity index (χ4n) is 2.39. The minimum atomic E-state index is -6.27. The first-order valence-corrected chi connectivity index (χ1v) is 25.9. The first-order valence-electron chi connectivity index (χ1n) is 6.17. The number of hydrogen-bond donors (Lipinski definition) is 1. The zero-order valence-electron chi connectivity index (χ0n) is 14.8. The van der Waals surface area contributed by atoms with Crippen LogP contribution in [-0.4, -0.2) is 99.4 Å². The Morgan fingerprint density at radius 2 is 0.481 bits per heavy atom. The molecular weight excluding hydrogens is 527 g/mol. The maximum atomic E-state index is 12.3. The molecule has 0 bridgehead atoms. The maximum absolute atomic E-state index is 12.3. The van der Waals surface area contributed by atoms with Crippen LogP contribution in [0.1, 0.15) is 0 Å². The normalized spacial score (nSPS) is 16.2. The van der Waals surface area contributed by atoms with Crippen LogP contribution in [0, 0.1) is 0 Å². The summed E-state index contributed by atoms with van der Waals surface area (Å²) in [4.78, 5) is 0. The van der Waals surface area contributed by atoms with Crippen LogP contribution in [0.25, 0.3) is 0 Å². The van der Waals surface area contributed by atoms with Crippen LogP contribution in [-0.2, 0) is 55.7 Å². The Labute approximate surface area is 159 Å². The summed E-state index contributed by atoms with van der Waals surface area (Å²) < 4.78 is 149. The number of rotatable bonds is 8. The highest BCUT2D eigenvalue weighted by atomic mass is 32.8. The molecule has 13 nitrogen and oxygen atoms in total. The standard InChI is InChI=1S/C6H19NO12S6Si2/c1-20(8,9)26(21(2,10)11,22(3,12)13)7-27(23(4,14)15,24(5,16)17)25(6,18)19/h7H,1-6H3. The van der Waals surface area contributed by atoms with Crippen molar-refractivity contribution in [3.05, 3.63) is 0 Å². The SMILES string of the molecule is CS(=O)(=O)[Si](N[Si](S(C)(=O)=O)(S(C)(=O)=O)S(C)(=O)=O)(S(C)(=O)=O)S(C)(=O)=O. The fourth-order valence-corrected chi connectivity index (χ4v) is 74.7. The molecule has 0 aliphatic rings. The van der Waals surface area contributed by atoms with Gasteiger partial charge in [0.05, 0.1) is 0 Å². The van der Waals surface area contributed by atoms with Crippen molar-refractivity contribution in [1.29, 1.82) is 0 Å². The second kappa shape index (κ2) is 6.82. The summed E-state index contributed by atoms with van der Waals surface area (Å²) in [5.74, 6) is 0. The molecule has 21 heteroatoms. The molecule has 1 N–H and O–H groups in total. The molecule has 0 heterocycles. The Kier molecular flexibility index (Phi) is 6.84. The fraction of sp³-hybridized carbons (Fsp3) is 1.00. The van der Waals surface area contributed by atoms with Gasteiger partial charge in [0.15, 0.2) is 55.7 Å². The maximum Gasteiger partial charge on any atom is 0.514 e. The van der Waals surface area contributed by atoms with Gasteiger partial charge in [0, 0.05) is 37.5 Å². The van der Waals surface area contributed by atoms with Gasteiger partial charge in [0.25, 0.3) is 0 Å². The van der Waals surface area contributed by atoms with Crippen molar-refractivity contribution in [3.8, 4) is 0 Å². The summed E-state index contributed by atoms with van der Waals surface area (Å²) in [5, 5.41) is 0. The van der Waals surface area contributed by atoms with Crippen LogP contribution in [0.15, 0.2) is 0 Å². The van der Waals surface area contributed by atoms with E-state index in [1.165, 1.54) is 4.65 Å². The second-order valence-electron chi connectivity index (χ2n) is 5.87. The summed E-state index contributed by atoms with van der Waals surface area (Å²) >= 11 is 0. The summed E-state index contributed by atoms with van der Waals surface area (Å²) in [6.07, 6.45) is 0.835. The van der Waals surface area contributed by atoms with Crippen LogP contribution in [0.4, 0.5) is 0 Å². The lowest BCUT2D eigenvalue weighted by Crippen LogP contribution is -2.81. The molecule has 0 atom stereocenters. The Morgan fingerprint density at radius 1 is 0.370 bits per heavy atom. The minimum absolute atomic E-state index is 0.139. The van der Waals surface area contributed by atoms with E-state index in [2.05, 4.69) is 0 Å². The Bertz CT molecular complexity index is 1010. The van der Waals surface area contributed by atoms with E-state index >= 15 is 0 Å². The van der Waals surface area contributed by atoms with Crippen LogP contribution in [0.5, 0.6) is 0 Å². The molecule has 0 amide bonds.